The lowest BCUT2D eigenvalue weighted by atomic mass is 9.87. The molecule has 0 radical (unpaired) electrons. The minimum atomic E-state index is -2.77. The van der Waals surface area contributed by atoms with Crippen LogP contribution >= 0.6 is 0 Å². The molecule has 2 atom stereocenters. The number of urea groups is 1. The molecule has 4 rings (SSSR count). The number of carbonyl (C=O) groups is 2. The molecule has 1 aromatic heterocycles. The predicted molar refractivity (Wildman–Crippen MR) is 136 cm³/mol. The summed E-state index contributed by atoms with van der Waals surface area (Å²) < 4.78 is 41.7. The first kappa shape index (κ1) is 27.4. The molecular formula is C28H32F3N5O2. The minimum absolute atomic E-state index is 0.0870. The molecule has 1 N–H and O–H groups in total. The van der Waals surface area contributed by atoms with Crippen LogP contribution in [-0.4, -0.2) is 46.4 Å². The van der Waals surface area contributed by atoms with E-state index in [-0.39, 0.29) is 36.7 Å². The van der Waals surface area contributed by atoms with E-state index in [1.54, 1.807) is 12.1 Å². The lowest BCUT2D eigenvalue weighted by molar-refractivity contribution is -0.124. The topological polar surface area (TPSA) is 89.3 Å². The maximum Gasteiger partial charge on any atom is 0.326 e. The summed E-state index contributed by atoms with van der Waals surface area (Å²) in [6.45, 7) is 6.47. The predicted octanol–water partition coefficient (Wildman–Crippen LogP) is 5.48. The average Bonchev–Trinajstić information content (AvgIpc) is 2.83. The van der Waals surface area contributed by atoms with Crippen molar-refractivity contribution in [3.63, 3.8) is 0 Å². The van der Waals surface area contributed by atoms with Gasteiger partial charge in [-0.25, -0.2) is 18.0 Å². The number of rotatable bonds is 5. The molecule has 202 valence electrons. The number of halogens is 3. The summed E-state index contributed by atoms with van der Waals surface area (Å²) in [5.41, 5.74) is 1.35. The van der Waals surface area contributed by atoms with Crippen LogP contribution in [0, 0.1) is 17.1 Å². The van der Waals surface area contributed by atoms with Gasteiger partial charge in [-0.1, -0.05) is 32.9 Å². The highest BCUT2D eigenvalue weighted by molar-refractivity contribution is 6.01. The first-order valence-electron chi connectivity index (χ1n) is 12.8. The van der Waals surface area contributed by atoms with E-state index in [1.165, 1.54) is 16.0 Å². The third kappa shape index (κ3) is 5.93. The van der Waals surface area contributed by atoms with Crippen molar-refractivity contribution in [1.82, 2.24) is 15.2 Å². The van der Waals surface area contributed by atoms with Crippen molar-refractivity contribution in [2.24, 2.45) is 0 Å². The highest BCUT2D eigenvalue weighted by Gasteiger charge is 2.42. The molecular weight excluding hydrogens is 495 g/mol. The number of aromatic nitrogens is 1. The number of nitriles is 1. The van der Waals surface area contributed by atoms with Crippen LogP contribution in [0.4, 0.5) is 23.7 Å². The molecule has 3 amide bonds. The van der Waals surface area contributed by atoms with Crippen molar-refractivity contribution >= 4 is 17.6 Å². The molecule has 38 heavy (non-hydrogen) atoms. The third-order valence-corrected chi connectivity index (χ3v) is 7.24. The highest BCUT2D eigenvalue weighted by atomic mass is 19.3. The van der Waals surface area contributed by atoms with Gasteiger partial charge in [0, 0.05) is 42.9 Å². The fraction of sp³-hybridized carbons (Fsp3) is 0.500. The van der Waals surface area contributed by atoms with Crippen LogP contribution in [0.5, 0.6) is 0 Å². The molecule has 0 bridgehead atoms. The summed E-state index contributed by atoms with van der Waals surface area (Å²) in [7, 11) is 0. The highest BCUT2D eigenvalue weighted by Crippen LogP contribution is 2.36. The summed E-state index contributed by atoms with van der Waals surface area (Å²) in [5, 5.41) is 12.3. The summed E-state index contributed by atoms with van der Waals surface area (Å²) in [5.74, 6) is -4.09. The van der Waals surface area contributed by atoms with Crippen LogP contribution in [0.15, 0.2) is 42.7 Å². The Bertz CT molecular complexity index is 1210. The van der Waals surface area contributed by atoms with Gasteiger partial charge in [-0.2, -0.15) is 5.26 Å². The number of pyridine rings is 1. The summed E-state index contributed by atoms with van der Waals surface area (Å²) in [6.07, 6.45) is 2.29. The Hall–Kier alpha value is -3.61. The molecule has 1 aliphatic heterocycles. The van der Waals surface area contributed by atoms with Crippen molar-refractivity contribution in [2.45, 2.75) is 82.3 Å². The van der Waals surface area contributed by atoms with E-state index in [9.17, 15) is 28.0 Å². The number of benzene rings is 1. The van der Waals surface area contributed by atoms with E-state index >= 15 is 0 Å². The van der Waals surface area contributed by atoms with Gasteiger partial charge in [0.25, 0.3) is 0 Å². The number of likely N-dealkylation sites (tertiary alicyclic amines) is 1. The first-order valence-corrected chi connectivity index (χ1v) is 12.8. The van der Waals surface area contributed by atoms with E-state index < -0.39 is 41.8 Å². The Morgan fingerprint density at radius 1 is 1.16 bits per heavy atom. The van der Waals surface area contributed by atoms with E-state index in [1.807, 2.05) is 32.9 Å². The SMILES string of the molecule is CC(C)(C)c1ccc(N(C(=O)N2CCC2C#N)C(C(=O)NC2CCC(F)(F)CC2)c2cncc(F)c2)cc1. The van der Waals surface area contributed by atoms with Crippen LogP contribution in [0.25, 0.3) is 0 Å². The van der Waals surface area contributed by atoms with Gasteiger partial charge in [-0.05, 0) is 48.4 Å². The number of nitrogens with zero attached hydrogens (tertiary/aromatic N) is 4. The van der Waals surface area contributed by atoms with Crippen molar-refractivity contribution < 1.29 is 22.8 Å². The van der Waals surface area contributed by atoms with Gasteiger partial charge >= 0.3 is 6.03 Å². The van der Waals surface area contributed by atoms with Crippen LogP contribution < -0.4 is 10.2 Å². The Morgan fingerprint density at radius 3 is 2.34 bits per heavy atom. The van der Waals surface area contributed by atoms with Gasteiger partial charge in [0.05, 0.1) is 12.3 Å². The zero-order valence-corrected chi connectivity index (χ0v) is 21.8. The number of hydrogen-bond donors (Lipinski definition) is 1. The molecule has 1 saturated heterocycles. The molecule has 2 fully saturated rings. The van der Waals surface area contributed by atoms with E-state index in [2.05, 4.69) is 16.4 Å². The zero-order valence-electron chi connectivity index (χ0n) is 21.8. The minimum Gasteiger partial charge on any atom is -0.351 e. The summed E-state index contributed by atoms with van der Waals surface area (Å²) >= 11 is 0. The molecule has 10 heteroatoms. The fourth-order valence-corrected chi connectivity index (χ4v) is 4.84. The van der Waals surface area contributed by atoms with E-state index in [0.717, 1.165) is 17.8 Å². The van der Waals surface area contributed by atoms with Gasteiger partial charge < -0.3 is 10.2 Å². The number of nitrogens with one attached hydrogen (secondary N) is 1. The third-order valence-electron chi connectivity index (χ3n) is 7.24. The summed E-state index contributed by atoms with van der Waals surface area (Å²) in [4.78, 5) is 34.2. The Balaban J connectivity index is 1.75. The quantitative estimate of drug-likeness (QED) is 0.558. The molecule has 2 aromatic rings. The van der Waals surface area contributed by atoms with Crippen LogP contribution in [0.2, 0.25) is 0 Å². The normalized spacial score (nSPS) is 20.1. The molecule has 1 saturated carbocycles. The largest absolute Gasteiger partial charge is 0.351 e. The van der Waals surface area contributed by atoms with Crippen LogP contribution in [0.3, 0.4) is 0 Å². The Morgan fingerprint density at radius 2 is 1.82 bits per heavy atom. The van der Waals surface area contributed by atoms with Gasteiger partial charge in [0.15, 0.2) is 0 Å². The first-order chi connectivity index (χ1) is 17.9. The molecule has 2 unspecified atom stereocenters. The maximum absolute atomic E-state index is 14.3. The Kier molecular flexibility index (Phi) is 7.68. The zero-order chi connectivity index (χ0) is 27.7. The van der Waals surface area contributed by atoms with Crippen LogP contribution in [-0.2, 0) is 10.2 Å². The lowest BCUT2D eigenvalue weighted by Crippen LogP contribution is -2.58. The van der Waals surface area contributed by atoms with Gasteiger partial charge in [0.2, 0.25) is 11.8 Å². The number of hydrogen-bond acceptors (Lipinski definition) is 4. The second-order valence-electron chi connectivity index (χ2n) is 11.1. The molecule has 7 nitrogen and oxygen atoms in total. The van der Waals surface area contributed by atoms with Crippen molar-refractivity contribution in [1.29, 1.82) is 5.26 Å². The molecule has 1 aliphatic carbocycles. The van der Waals surface area contributed by atoms with Crippen molar-refractivity contribution in [3.05, 3.63) is 59.7 Å². The van der Waals surface area contributed by atoms with Gasteiger partial charge in [-0.15, -0.1) is 0 Å². The number of alkyl halides is 2. The van der Waals surface area contributed by atoms with Gasteiger partial charge in [0.1, 0.15) is 17.9 Å². The number of carbonyl (C=O) groups excluding carboxylic acids is 2. The molecule has 1 aromatic carbocycles. The molecule has 0 spiro atoms. The second-order valence-corrected chi connectivity index (χ2v) is 11.1. The number of anilines is 1. The standard InChI is InChI=1S/C28H32F3N5O2/c1-27(2,3)19-4-6-22(7-5-19)36(26(38)35-13-10-23(35)15-32)24(18-14-20(29)17-33-16-18)25(37)34-21-8-11-28(30,31)12-9-21/h4-7,14,16-17,21,23-24H,8-13H2,1-3H3,(H,34,37). The second kappa shape index (κ2) is 10.6. The molecule has 2 aliphatic rings. The maximum atomic E-state index is 14.3. The molecule has 2 heterocycles. The van der Waals surface area contributed by atoms with E-state index in [4.69, 9.17) is 0 Å². The number of amides is 3. The lowest BCUT2D eigenvalue weighted by Gasteiger charge is -2.42. The van der Waals surface area contributed by atoms with Gasteiger partial charge in [-0.3, -0.25) is 14.7 Å². The summed E-state index contributed by atoms with van der Waals surface area (Å²) in [6, 6.07) is 7.30. The monoisotopic (exact) mass is 527 g/mol. The van der Waals surface area contributed by atoms with Crippen molar-refractivity contribution in [3.8, 4) is 6.07 Å². The fourth-order valence-electron chi connectivity index (χ4n) is 4.84. The Labute approximate surface area is 220 Å². The smallest absolute Gasteiger partial charge is 0.326 e. The average molecular weight is 528 g/mol. The van der Waals surface area contributed by atoms with E-state index in [0.29, 0.717) is 18.7 Å². The van der Waals surface area contributed by atoms with Crippen LogP contribution in [0.1, 0.15) is 70.0 Å². The van der Waals surface area contributed by atoms with Crippen molar-refractivity contribution in [2.75, 3.05) is 11.4 Å².